The molecular weight excluding hydrogens is 450 g/mol. The maximum atomic E-state index is 13.3. The number of piperidine rings is 1. The highest BCUT2D eigenvalue weighted by Gasteiger charge is 2.54. The molecule has 0 saturated carbocycles. The number of hydrogen-bond acceptors (Lipinski definition) is 6. The highest BCUT2D eigenvalue weighted by Crippen LogP contribution is 2.41. The van der Waals surface area contributed by atoms with Gasteiger partial charge in [-0.05, 0) is 48.1 Å². The molecule has 0 radical (unpaired) electrons. The van der Waals surface area contributed by atoms with Gasteiger partial charge in [-0.25, -0.2) is 4.98 Å². The quantitative estimate of drug-likeness (QED) is 0.497. The molecule has 2 aliphatic heterocycles. The molecule has 5 rings (SSSR count). The molecule has 3 aromatic rings. The van der Waals surface area contributed by atoms with Crippen LogP contribution in [0.4, 0.5) is 0 Å². The molecule has 2 atom stereocenters. The van der Waals surface area contributed by atoms with E-state index in [1.54, 1.807) is 22.5 Å². The van der Waals surface area contributed by atoms with E-state index in [0.717, 1.165) is 5.69 Å². The van der Waals surface area contributed by atoms with Crippen LogP contribution < -0.4 is 4.74 Å². The van der Waals surface area contributed by atoms with Gasteiger partial charge in [-0.15, -0.1) is 11.3 Å². The SMILES string of the molecule is CC(C)(C)c1ccc(O[C@H]2C(=O)N(C3CCN(C(=O)c4ccco4)CC3)[C@H]2c2cscn2)cc1. The third kappa shape index (κ3) is 4.22. The number of ether oxygens (including phenoxy) is 1. The van der Waals surface area contributed by atoms with Gasteiger partial charge in [0.2, 0.25) is 6.10 Å². The van der Waals surface area contributed by atoms with Crippen LogP contribution in [0.25, 0.3) is 0 Å². The lowest BCUT2D eigenvalue weighted by molar-refractivity contribution is -0.171. The van der Waals surface area contributed by atoms with E-state index in [2.05, 4.69) is 37.9 Å². The number of carbonyl (C=O) groups is 2. The summed E-state index contributed by atoms with van der Waals surface area (Å²) in [7, 11) is 0. The number of β-lactam (4-membered cyclic amide) rings is 1. The van der Waals surface area contributed by atoms with Gasteiger partial charge in [0, 0.05) is 24.5 Å². The molecule has 0 N–H and O–H groups in total. The molecule has 0 unspecified atom stereocenters. The van der Waals surface area contributed by atoms with Crippen molar-refractivity contribution in [3.63, 3.8) is 0 Å². The summed E-state index contributed by atoms with van der Waals surface area (Å²) in [6.07, 6.45) is 2.34. The van der Waals surface area contributed by atoms with Crippen LogP contribution in [-0.4, -0.2) is 51.8 Å². The van der Waals surface area contributed by atoms with Crippen LogP contribution in [0.2, 0.25) is 0 Å². The summed E-state index contributed by atoms with van der Waals surface area (Å²) >= 11 is 1.51. The Kier molecular flexibility index (Phi) is 5.93. The number of furan rings is 1. The molecule has 4 heterocycles. The van der Waals surface area contributed by atoms with Gasteiger partial charge in [0.05, 0.1) is 17.5 Å². The number of amides is 2. The van der Waals surface area contributed by atoms with Gasteiger partial charge in [0.25, 0.3) is 11.8 Å². The molecule has 2 aliphatic rings. The van der Waals surface area contributed by atoms with Crippen molar-refractivity contribution in [2.45, 2.75) is 57.2 Å². The Hall–Kier alpha value is -3.13. The third-order valence-corrected chi connectivity index (χ3v) is 7.30. The predicted molar refractivity (Wildman–Crippen MR) is 129 cm³/mol. The van der Waals surface area contributed by atoms with Gasteiger partial charge < -0.3 is 19.0 Å². The zero-order valence-corrected chi connectivity index (χ0v) is 20.5. The van der Waals surface area contributed by atoms with Crippen LogP contribution in [0.1, 0.15) is 61.5 Å². The Morgan fingerprint density at radius 1 is 1.15 bits per heavy atom. The van der Waals surface area contributed by atoms with Crippen molar-refractivity contribution < 1.29 is 18.7 Å². The molecule has 2 aromatic heterocycles. The highest BCUT2D eigenvalue weighted by atomic mass is 32.1. The number of likely N-dealkylation sites (tertiary alicyclic amines) is 2. The summed E-state index contributed by atoms with van der Waals surface area (Å²) < 4.78 is 11.4. The van der Waals surface area contributed by atoms with E-state index in [1.165, 1.54) is 23.2 Å². The monoisotopic (exact) mass is 479 g/mol. The minimum absolute atomic E-state index is 0.0197. The van der Waals surface area contributed by atoms with E-state index < -0.39 is 6.10 Å². The average molecular weight is 480 g/mol. The van der Waals surface area contributed by atoms with Crippen molar-refractivity contribution in [3.8, 4) is 5.75 Å². The molecule has 0 spiro atoms. The number of benzene rings is 1. The van der Waals surface area contributed by atoms with Crippen molar-refractivity contribution in [1.82, 2.24) is 14.8 Å². The van der Waals surface area contributed by atoms with Gasteiger partial charge in [-0.3, -0.25) is 9.59 Å². The summed E-state index contributed by atoms with van der Waals surface area (Å²) in [6.45, 7) is 7.67. The van der Waals surface area contributed by atoms with E-state index in [9.17, 15) is 9.59 Å². The molecule has 34 heavy (non-hydrogen) atoms. The predicted octanol–water partition coefficient (Wildman–Crippen LogP) is 4.67. The first-order valence-corrected chi connectivity index (χ1v) is 12.6. The molecule has 0 aliphatic carbocycles. The highest BCUT2D eigenvalue weighted by molar-refractivity contribution is 7.07. The lowest BCUT2D eigenvalue weighted by atomic mass is 9.87. The van der Waals surface area contributed by atoms with Gasteiger partial charge in [0.15, 0.2) is 5.76 Å². The van der Waals surface area contributed by atoms with Crippen molar-refractivity contribution in [1.29, 1.82) is 0 Å². The lowest BCUT2D eigenvalue weighted by Gasteiger charge is -2.51. The van der Waals surface area contributed by atoms with Gasteiger partial charge in [0.1, 0.15) is 11.8 Å². The number of hydrogen-bond donors (Lipinski definition) is 0. The summed E-state index contributed by atoms with van der Waals surface area (Å²) in [5, 5.41) is 1.98. The van der Waals surface area contributed by atoms with Gasteiger partial charge in [-0.2, -0.15) is 0 Å². The largest absolute Gasteiger partial charge is 0.478 e. The Morgan fingerprint density at radius 2 is 1.88 bits per heavy atom. The van der Waals surface area contributed by atoms with Crippen LogP contribution in [0.15, 0.2) is 58.0 Å². The minimum atomic E-state index is -0.592. The summed E-state index contributed by atoms with van der Waals surface area (Å²) in [4.78, 5) is 34.1. The maximum Gasteiger partial charge on any atom is 0.289 e. The average Bonchev–Trinajstić information content (AvgIpc) is 3.55. The second-order valence-electron chi connectivity index (χ2n) is 9.92. The topological polar surface area (TPSA) is 75.9 Å². The second kappa shape index (κ2) is 8.91. The summed E-state index contributed by atoms with van der Waals surface area (Å²) in [5.41, 5.74) is 3.91. The Bertz CT molecular complexity index is 1130. The zero-order chi connectivity index (χ0) is 23.9. The standard InChI is InChI=1S/C26H29N3O4S/c1-26(2,3)17-6-8-19(9-7-17)33-23-22(20-15-34-16-27-20)29(25(23)31)18-10-12-28(13-11-18)24(30)21-5-4-14-32-21/h4-9,14-16,18,22-23H,10-13H2,1-3H3/t22-,23+/m0/s1. The van der Waals surface area contributed by atoms with Crippen LogP contribution in [0, 0.1) is 0 Å². The molecule has 8 heteroatoms. The van der Waals surface area contributed by atoms with Crippen molar-refractivity contribution in [2.24, 2.45) is 0 Å². The number of thiazole rings is 1. The first kappa shape index (κ1) is 22.7. The fraction of sp³-hybridized carbons (Fsp3) is 0.423. The van der Waals surface area contributed by atoms with Crippen LogP contribution >= 0.6 is 11.3 Å². The molecule has 178 valence electrons. The van der Waals surface area contributed by atoms with Gasteiger partial charge in [-0.1, -0.05) is 32.9 Å². The summed E-state index contributed by atoms with van der Waals surface area (Å²) in [6, 6.07) is 11.2. The van der Waals surface area contributed by atoms with E-state index in [-0.39, 0.29) is 29.3 Å². The number of carbonyl (C=O) groups excluding carboxylic acids is 2. The zero-order valence-electron chi connectivity index (χ0n) is 19.6. The van der Waals surface area contributed by atoms with Crippen LogP contribution in [0.5, 0.6) is 5.75 Å². The molecular formula is C26H29N3O4S. The maximum absolute atomic E-state index is 13.3. The molecule has 2 amide bonds. The van der Waals surface area contributed by atoms with E-state index >= 15 is 0 Å². The Labute approximate surface area is 203 Å². The molecule has 2 saturated heterocycles. The first-order valence-electron chi connectivity index (χ1n) is 11.6. The molecule has 2 fully saturated rings. The number of aromatic nitrogens is 1. The van der Waals surface area contributed by atoms with Crippen LogP contribution in [-0.2, 0) is 10.2 Å². The van der Waals surface area contributed by atoms with Crippen molar-refractivity contribution >= 4 is 23.2 Å². The Balaban J connectivity index is 1.28. The second-order valence-corrected chi connectivity index (χ2v) is 10.6. The third-order valence-electron chi connectivity index (χ3n) is 6.70. The summed E-state index contributed by atoms with van der Waals surface area (Å²) in [5.74, 6) is 0.915. The molecule has 0 bridgehead atoms. The molecule has 1 aromatic carbocycles. The van der Waals surface area contributed by atoms with Crippen LogP contribution in [0.3, 0.4) is 0 Å². The fourth-order valence-electron chi connectivity index (χ4n) is 4.75. The first-order chi connectivity index (χ1) is 16.3. The lowest BCUT2D eigenvalue weighted by Crippen LogP contribution is -2.65. The number of nitrogens with zero attached hydrogens (tertiary/aromatic N) is 3. The van der Waals surface area contributed by atoms with E-state index in [1.807, 2.05) is 22.4 Å². The van der Waals surface area contributed by atoms with E-state index in [4.69, 9.17) is 9.15 Å². The molecule has 7 nitrogen and oxygen atoms in total. The minimum Gasteiger partial charge on any atom is -0.478 e. The fourth-order valence-corrected chi connectivity index (χ4v) is 5.34. The van der Waals surface area contributed by atoms with Gasteiger partial charge >= 0.3 is 0 Å². The number of rotatable bonds is 5. The normalized spacial score (nSPS) is 21.4. The van der Waals surface area contributed by atoms with Crippen molar-refractivity contribution in [3.05, 3.63) is 70.6 Å². The van der Waals surface area contributed by atoms with E-state index in [0.29, 0.717) is 37.4 Å². The Morgan fingerprint density at radius 3 is 2.47 bits per heavy atom. The smallest absolute Gasteiger partial charge is 0.289 e. The van der Waals surface area contributed by atoms with Crippen molar-refractivity contribution in [2.75, 3.05) is 13.1 Å².